The van der Waals surface area contributed by atoms with Gasteiger partial charge < -0.3 is 16.4 Å². The molecule has 5 nitrogen and oxygen atoms in total. The molecule has 0 fully saturated rings. The predicted octanol–water partition coefficient (Wildman–Crippen LogP) is 1.76. The largest absolute Gasteiger partial charge is 0.352 e. The minimum atomic E-state index is -0.537. The smallest absolute Gasteiger partial charge is 0.251 e. The van der Waals surface area contributed by atoms with Gasteiger partial charge in [0, 0.05) is 17.8 Å². The first-order chi connectivity index (χ1) is 9.99. The van der Waals surface area contributed by atoms with Crippen molar-refractivity contribution in [2.45, 2.75) is 26.3 Å². The number of rotatable bonds is 7. The fourth-order valence-electron chi connectivity index (χ4n) is 1.76. The summed E-state index contributed by atoms with van der Waals surface area (Å²) in [4.78, 5) is 23.8. The third-order valence-corrected chi connectivity index (χ3v) is 3.71. The van der Waals surface area contributed by atoms with Crippen molar-refractivity contribution in [3.8, 4) is 0 Å². The van der Waals surface area contributed by atoms with Gasteiger partial charge in [-0.1, -0.05) is 6.07 Å². The molecule has 4 N–H and O–H groups in total. The molecular weight excluding hydrogens is 286 g/mol. The number of hydrogen-bond donors (Lipinski definition) is 3. The van der Waals surface area contributed by atoms with Crippen LogP contribution in [-0.4, -0.2) is 36.4 Å². The van der Waals surface area contributed by atoms with Crippen LogP contribution in [0.4, 0.5) is 5.69 Å². The molecule has 0 aliphatic carbocycles. The number of carbonyl (C=O) groups excluding carboxylic acids is 2. The topological polar surface area (TPSA) is 84.2 Å². The SMILES string of the molecule is CCNC(=O)c1ccc(C)c(NC(=O)[C@H](N)CCSC)c1. The molecule has 0 aliphatic rings. The van der Waals surface area contributed by atoms with Crippen molar-refractivity contribution in [1.29, 1.82) is 0 Å². The number of carbonyl (C=O) groups is 2. The first-order valence-corrected chi connectivity index (χ1v) is 8.33. The predicted molar refractivity (Wildman–Crippen MR) is 88.8 cm³/mol. The molecule has 0 saturated heterocycles. The Bertz CT molecular complexity index is 506. The van der Waals surface area contributed by atoms with E-state index in [-0.39, 0.29) is 11.8 Å². The molecule has 0 unspecified atom stereocenters. The number of nitrogens with two attached hydrogens (primary N) is 1. The summed E-state index contributed by atoms with van der Waals surface area (Å²) in [7, 11) is 0. The highest BCUT2D eigenvalue weighted by Crippen LogP contribution is 2.17. The minimum absolute atomic E-state index is 0.153. The quantitative estimate of drug-likeness (QED) is 0.716. The first-order valence-electron chi connectivity index (χ1n) is 6.93. The fraction of sp³-hybridized carbons (Fsp3) is 0.467. The van der Waals surface area contributed by atoms with E-state index in [4.69, 9.17) is 5.73 Å². The van der Waals surface area contributed by atoms with Gasteiger partial charge in [-0.15, -0.1) is 0 Å². The Morgan fingerprint density at radius 2 is 2.10 bits per heavy atom. The maximum absolute atomic E-state index is 12.0. The van der Waals surface area contributed by atoms with E-state index >= 15 is 0 Å². The van der Waals surface area contributed by atoms with Gasteiger partial charge in [0.25, 0.3) is 5.91 Å². The average Bonchev–Trinajstić information content (AvgIpc) is 2.47. The van der Waals surface area contributed by atoms with Crippen LogP contribution in [0.1, 0.15) is 29.3 Å². The second kappa shape index (κ2) is 8.69. The molecule has 0 radical (unpaired) electrons. The van der Waals surface area contributed by atoms with Crippen LogP contribution in [0, 0.1) is 6.92 Å². The van der Waals surface area contributed by atoms with E-state index in [1.165, 1.54) is 0 Å². The number of thioether (sulfide) groups is 1. The highest BCUT2D eigenvalue weighted by molar-refractivity contribution is 7.98. The molecule has 0 aromatic heterocycles. The van der Waals surface area contributed by atoms with Crippen molar-refractivity contribution in [3.63, 3.8) is 0 Å². The van der Waals surface area contributed by atoms with Crippen molar-refractivity contribution in [2.75, 3.05) is 23.9 Å². The van der Waals surface area contributed by atoms with E-state index < -0.39 is 6.04 Å². The number of hydrogen-bond acceptors (Lipinski definition) is 4. The molecule has 21 heavy (non-hydrogen) atoms. The number of aryl methyl sites for hydroxylation is 1. The third kappa shape index (κ3) is 5.40. The third-order valence-electron chi connectivity index (χ3n) is 3.06. The number of benzene rings is 1. The summed E-state index contributed by atoms with van der Waals surface area (Å²) in [5, 5.41) is 5.54. The molecule has 0 saturated carbocycles. The zero-order valence-corrected chi connectivity index (χ0v) is 13.5. The number of amides is 2. The van der Waals surface area contributed by atoms with Crippen molar-refractivity contribution >= 4 is 29.3 Å². The lowest BCUT2D eigenvalue weighted by molar-refractivity contribution is -0.117. The molecule has 1 aromatic rings. The van der Waals surface area contributed by atoms with E-state index in [0.29, 0.717) is 24.2 Å². The maximum Gasteiger partial charge on any atom is 0.251 e. The Labute approximate surface area is 130 Å². The van der Waals surface area contributed by atoms with Gasteiger partial charge in [-0.05, 0) is 50.0 Å². The summed E-state index contributed by atoms with van der Waals surface area (Å²) in [6.45, 7) is 4.30. The van der Waals surface area contributed by atoms with E-state index in [0.717, 1.165) is 11.3 Å². The Kier molecular flexibility index (Phi) is 7.25. The van der Waals surface area contributed by atoms with Crippen LogP contribution in [0.2, 0.25) is 0 Å². The zero-order valence-electron chi connectivity index (χ0n) is 12.7. The number of nitrogens with one attached hydrogen (secondary N) is 2. The van der Waals surface area contributed by atoms with E-state index in [9.17, 15) is 9.59 Å². The monoisotopic (exact) mass is 309 g/mol. The summed E-state index contributed by atoms with van der Waals surface area (Å²) < 4.78 is 0. The molecule has 1 aromatic carbocycles. The van der Waals surface area contributed by atoms with Crippen LogP contribution in [0.3, 0.4) is 0 Å². The Morgan fingerprint density at radius 3 is 2.71 bits per heavy atom. The highest BCUT2D eigenvalue weighted by atomic mass is 32.2. The molecule has 0 aliphatic heterocycles. The first kappa shape index (κ1) is 17.5. The van der Waals surface area contributed by atoms with Crippen LogP contribution >= 0.6 is 11.8 Å². The molecule has 6 heteroatoms. The summed E-state index contributed by atoms with van der Waals surface area (Å²) in [5.41, 5.74) is 7.89. The Balaban J connectivity index is 2.80. The van der Waals surface area contributed by atoms with E-state index in [2.05, 4.69) is 10.6 Å². The average molecular weight is 309 g/mol. The van der Waals surface area contributed by atoms with Crippen LogP contribution in [0.15, 0.2) is 18.2 Å². The Hall–Kier alpha value is -1.53. The van der Waals surface area contributed by atoms with Crippen molar-refractivity contribution in [2.24, 2.45) is 5.73 Å². The van der Waals surface area contributed by atoms with E-state index in [1.54, 1.807) is 23.9 Å². The molecule has 116 valence electrons. The van der Waals surface area contributed by atoms with Gasteiger partial charge in [0.15, 0.2) is 0 Å². The van der Waals surface area contributed by atoms with Gasteiger partial charge >= 0.3 is 0 Å². The summed E-state index contributed by atoms with van der Waals surface area (Å²) in [6.07, 6.45) is 2.60. The molecule has 0 heterocycles. The van der Waals surface area contributed by atoms with Gasteiger partial charge in [-0.3, -0.25) is 9.59 Å². The lowest BCUT2D eigenvalue weighted by Crippen LogP contribution is -2.36. The van der Waals surface area contributed by atoms with Gasteiger partial charge in [0.1, 0.15) is 0 Å². The molecule has 0 bridgehead atoms. The van der Waals surface area contributed by atoms with Crippen LogP contribution in [0.25, 0.3) is 0 Å². The van der Waals surface area contributed by atoms with Crippen molar-refractivity contribution in [3.05, 3.63) is 29.3 Å². The van der Waals surface area contributed by atoms with E-state index in [1.807, 2.05) is 26.2 Å². The fourth-order valence-corrected chi connectivity index (χ4v) is 2.25. The Morgan fingerprint density at radius 1 is 1.38 bits per heavy atom. The normalized spacial score (nSPS) is 11.8. The molecule has 2 amide bonds. The molecule has 1 atom stereocenters. The zero-order chi connectivity index (χ0) is 15.8. The second-order valence-corrected chi connectivity index (χ2v) is 5.75. The van der Waals surface area contributed by atoms with Crippen molar-refractivity contribution < 1.29 is 9.59 Å². The van der Waals surface area contributed by atoms with Gasteiger partial charge in [0.05, 0.1) is 6.04 Å². The van der Waals surface area contributed by atoms with Gasteiger partial charge in [0.2, 0.25) is 5.91 Å². The maximum atomic E-state index is 12.0. The standard InChI is InChI=1S/C15H23N3O2S/c1-4-17-14(19)11-6-5-10(2)13(9-11)18-15(20)12(16)7-8-21-3/h5-6,9,12H,4,7-8,16H2,1-3H3,(H,17,19)(H,18,20)/t12-/m1/s1. The summed E-state index contributed by atoms with van der Waals surface area (Å²) >= 11 is 1.66. The van der Waals surface area contributed by atoms with Gasteiger partial charge in [-0.25, -0.2) is 0 Å². The van der Waals surface area contributed by atoms with Crippen LogP contribution in [-0.2, 0) is 4.79 Å². The molecule has 1 rings (SSSR count). The minimum Gasteiger partial charge on any atom is -0.352 e. The second-order valence-electron chi connectivity index (χ2n) is 4.77. The van der Waals surface area contributed by atoms with Crippen molar-refractivity contribution in [1.82, 2.24) is 5.32 Å². The summed E-state index contributed by atoms with van der Waals surface area (Å²) in [6, 6.07) is 4.70. The number of anilines is 1. The van der Waals surface area contributed by atoms with Crippen LogP contribution in [0.5, 0.6) is 0 Å². The lowest BCUT2D eigenvalue weighted by atomic mass is 10.1. The molecule has 0 spiro atoms. The van der Waals surface area contributed by atoms with Crippen LogP contribution < -0.4 is 16.4 Å². The highest BCUT2D eigenvalue weighted by Gasteiger charge is 2.15. The molecular formula is C15H23N3O2S. The summed E-state index contributed by atoms with van der Waals surface area (Å²) in [5.74, 6) is 0.465. The van der Waals surface area contributed by atoms with Gasteiger partial charge in [-0.2, -0.15) is 11.8 Å². The lowest BCUT2D eigenvalue weighted by Gasteiger charge is -2.14.